The second-order valence-corrected chi connectivity index (χ2v) is 11.2. The smallest absolute Gasteiger partial charge is 0.143 e. The molecule has 1 heterocycles. The molecule has 1 heteroatoms. The van der Waals surface area contributed by atoms with Crippen LogP contribution >= 0.6 is 0 Å². The minimum atomic E-state index is 0.916. The van der Waals surface area contributed by atoms with Gasteiger partial charge in [-0.2, -0.15) is 0 Å². The lowest BCUT2D eigenvalue weighted by Crippen LogP contribution is -1.93. The van der Waals surface area contributed by atoms with Gasteiger partial charge in [-0.15, -0.1) is 0 Å². The van der Waals surface area contributed by atoms with Crippen LogP contribution in [-0.4, -0.2) is 0 Å². The third kappa shape index (κ3) is 3.65. The van der Waals surface area contributed by atoms with Crippen molar-refractivity contribution in [2.45, 2.75) is 0 Å². The minimum absolute atomic E-state index is 0.916. The summed E-state index contributed by atoms with van der Waals surface area (Å²) in [5, 5.41) is 9.70. The van der Waals surface area contributed by atoms with Crippen LogP contribution < -0.4 is 0 Å². The molecule has 9 rings (SSSR count). The second-order valence-electron chi connectivity index (χ2n) is 11.2. The maximum atomic E-state index is 6.56. The summed E-state index contributed by atoms with van der Waals surface area (Å²) in [5.74, 6) is 0. The number of furan rings is 1. The highest BCUT2D eigenvalue weighted by Crippen LogP contribution is 2.48. The molecule has 0 unspecified atom stereocenters. The third-order valence-electron chi connectivity index (χ3n) is 8.86. The molecule has 8 aromatic carbocycles. The van der Waals surface area contributed by atoms with Gasteiger partial charge in [-0.25, -0.2) is 0 Å². The summed E-state index contributed by atoms with van der Waals surface area (Å²) in [5.41, 5.74) is 9.13. The van der Waals surface area contributed by atoms with Gasteiger partial charge in [0.05, 0.1) is 0 Å². The van der Waals surface area contributed by atoms with E-state index in [2.05, 4.69) is 152 Å². The molecule has 0 spiro atoms. The van der Waals surface area contributed by atoms with Gasteiger partial charge >= 0.3 is 0 Å². The van der Waals surface area contributed by atoms with Crippen molar-refractivity contribution in [1.82, 2.24) is 0 Å². The van der Waals surface area contributed by atoms with E-state index in [-0.39, 0.29) is 0 Å². The molecule has 0 atom stereocenters. The number of hydrogen-bond donors (Lipinski definition) is 0. The normalized spacial score (nSPS) is 11.7. The Morgan fingerprint density at radius 2 is 0.837 bits per heavy atom. The van der Waals surface area contributed by atoms with Gasteiger partial charge in [0.2, 0.25) is 0 Å². The summed E-state index contributed by atoms with van der Waals surface area (Å²) >= 11 is 0. The van der Waals surface area contributed by atoms with Gasteiger partial charge in [-0.05, 0) is 66.7 Å². The van der Waals surface area contributed by atoms with Crippen LogP contribution in [0, 0.1) is 0 Å². The van der Waals surface area contributed by atoms with Gasteiger partial charge < -0.3 is 4.42 Å². The lowest BCUT2D eigenvalue weighted by molar-refractivity contribution is 0.670. The van der Waals surface area contributed by atoms with E-state index in [1.54, 1.807) is 0 Å². The third-order valence-corrected chi connectivity index (χ3v) is 8.86. The van der Waals surface area contributed by atoms with Gasteiger partial charge in [0.1, 0.15) is 11.2 Å². The lowest BCUT2D eigenvalue weighted by atomic mass is 9.83. The van der Waals surface area contributed by atoms with E-state index >= 15 is 0 Å². The minimum Gasteiger partial charge on any atom is -0.455 e. The molecule has 0 N–H and O–H groups in total. The zero-order valence-electron chi connectivity index (χ0n) is 23.4. The molecule has 0 fully saturated rings. The Morgan fingerprint density at radius 3 is 1.56 bits per heavy atom. The van der Waals surface area contributed by atoms with E-state index in [0.29, 0.717) is 0 Å². The van der Waals surface area contributed by atoms with E-state index in [1.807, 2.05) is 6.07 Å². The van der Waals surface area contributed by atoms with E-state index in [4.69, 9.17) is 4.42 Å². The number of rotatable bonds is 3. The van der Waals surface area contributed by atoms with Crippen molar-refractivity contribution in [3.8, 4) is 33.4 Å². The molecule has 0 saturated heterocycles. The van der Waals surface area contributed by atoms with Crippen molar-refractivity contribution >= 4 is 54.3 Å². The number of fused-ring (bicyclic) bond motifs is 6. The molecular formula is C42H26O. The van der Waals surface area contributed by atoms with Crippen molar-refractivity contribution in [2.24, 2.45) is 0 Å². The molecular weight excluding hydrogens is 520 g/mol. The molecule has 200 valence electrons. The summed E-state index contributed by atoms with van der Waals surface area (Å²) < 4.78 is 6.56. The van der Waals surface area contributed by atoms with Crippen molar-refractivity contribution in [3.05, 3.63) is 158 Å². The maximum absolute atomic E-state index is 6.56. The quantitative estimate of drug-likeness (QED) is 0.201. The van der Waals surface area contributed by atoms with Crippen LogP contribution in [-0.2, 0) is 0 Å². The highest BCUT2D eigenvalue weighted by Gasteiger charge is 2.21. The predicted molar refractivity (Wildman–Crippen MR) is 183 cm³/mol. The summed E-state index contributed by atoms with van der Waals surface area (Å²) in [6.45, 7) is 0. The summed E-state index contributed by atoms with van der Waals surface area (Å²) in [6.07, 6.45) is 0. The Bertz CT molecular complexity index is 2460. The molecule has 0 aliphatic heterocycles. The monoisotopic (exact) mass is 546 g/mol. The molecule has 0 aliphatic carbocycles. The fourth-order valence-electron chi connectivity index (χ4n) is 6.96. The average molecular weight is 547 g/mol. The highest BCUT2D eigenvalue weighted by atomic mass is 16.3. The van der Waals surface area contributed by atoms with Gasteiger partial charge in [0.15, 0.2) is 0 Å². The lowest BCUT2D eigenvalue weighted by Gasteiger charge is -2.20. The number of hydrogen-bond acceptors (Lipinski definition) is 1. The van der Waals surface area contributed by atoms with Crippen molar-refractivity contribution < 1.29 is 4.42 Å². The first-order valence-electron chi connectivity index (χ1n) is 14.8. The zero-order valence-corrected chi connectivity index (χ0v) is 23.4. The van der Waals surface area contributed by atoms with Crippen LogP contribution in [0.4, 0.5) is 0 Å². The zero-order chi connectivity index (χ0) is 28.3. The Hall–Kier alpha value is -5.66. The first kappa shape index (κ1) is 24.0. The molecule has 0 amide bonds. The van der Waals surface area contributed by atoms with E-state index < -0.39 is 0 Å². The summed E-state index contributed by atoms with van der Waals surface area (Å²) in [4.78, 5) is 0. The molecule has 1 nitrogen and oxygen atoms in total. The van der Waals surface area contributed by atoms with Gasteiger partial charge in [0, 0.05) is 21.9 Å². The van der Waals surface area contributed by atoms with E-state index in [9.17, 15) is 0 Å². The van der Waals surface area contributed by atoms with Crippen molar-refractivity contribution in [1.29, 1.82) is 0 Å². The topological polar surface area (TPSA) is 13.1 Å². The fourth-order valence-corrected chi connectivity index (χ4v) is 6.96. The largest absolute Gasteiger partial charge is 0.455 e. The summed E-state index contributed by atoms with van der Waals surface area (Å²) in [6, 6.07) is 56.8. The molecule has 0 bridgehead atoms. The van der Waals surface area contributed by atoms with Crippen LogP contribution in [0.1, 0.15) is 0 Å². The van der Waals surface area contributed by atoms with E-state index in [0.717, 1.165) is 27.5 Å². The fraction of sp³-hybridized carbons (Fsp3) is 0. The molecule has 0 aliphatic rings. The predicted octanol–water partition coefficient (Wildman–Crippen LogP) is 12.0. The van der Waals surface area contributed by atoms with Crippen LogP contribution in [0.25, 0.3) is 87.6 Å². The molecule has 43 heavy (non-hydrogen) atoms. The first-order chi connectivity index (χ1) is 21.3. The standard InChI is InChI=1S/C42H26O/c1-2-13-28-26-29(25-24-27(28)12-1)30-14-3-4-16-32(30)40-33-17-5-7-19-35(33)41(36-20-8-6-18-34(36)40)38-22-11-21-37-31-15-9-10-23-39(31)43-42(37)38/h1-26H. The number of benzene rings is 8. The highest BCUT2D eigenvalue weighted by molar-refractivity contribution is 6.25. The Kier molecular flexibility index (Phi) is 5.27. The van der Waals surface area contributed by atoms with Crippen LogP contribution in [0.2, 0.25) is 0 Å². The Balaban J connectivity index is 1.39. The molecule has 9 aromatic rings. The van der Waals surface area contributed by atoms with Crippen molar-refractivity contribution in [3.63, 3.8) is 0 Å². The van der Waals surface area contributed by atoms with E-state index in [1.165, 1.54) is 60.1 Å². The van der Waals surface area contributed by atoms with Gasteiger partial charge in [-0.3, -0.25) is 0 Å². The SMILES string of the molecule is c1ccc(-c2c3ccccc3c(-c3cccc4c3oc3ccccc34)c3ccccc23)c(-c2ccc3ccccc3c2)c1. The summed E-state index contributed by atoms with van der Waals surface area (Å²) in [7, 11) is 0. The van der Waals surface area contributed by atoms with Crippen LogP contribution in [0.15, 0.2) is 162 Å². The van der Waals surface area contributed by atoms with Crippen molar-refractivity contribution in [2.75, 3.05) is 0 Å². The Morgan fingerprint density at radius 1 is 0.326 bits per heavy atom. The second kappa shape index (κ2) is 9.44. The molecule has 1 aromatic heterocycles. The maximum Gasteiger partial charge on any atom is 0.143 e. The van der Waals surface area contributed by atoms with Gasteiger partial charge in [-0.1, -0.05) is 146 Å². The van der Waals surface area contributed by atoms with Crippen LogP contribution in [0.5, 0.6) is 0 Å². The average Bonchev–Trinajstić information content (AvgIpc) is 3.46. The number of para-hydroxylation sites is 2. The molecule has 0 saturated carbocycles. The van der Waals surface area contributed by atoms with Crippen LogP contribution in [0.3, 0.4) is 0 Å². The molecule has 0 radical (unpaired) electrons. The first-order valence-corrected chi connectivity index (χ1v) is 14.8. The Labute approximate surface area is 249 Å². The van der Waals surface area contributed by atoms with Gasteiger partial charge in [0.25, 0.3) is 0 Å².